The zero-order chi connectivity index (χ0) is 11.0. The minimum Gasteiger partial charge on any atom is -0.477 e. The number of carboxylic acids is 1. The van der Waals surface area contributed by atoms with Gasteiger partial charge in [0.05, 0.1) is 17.5 Å². The van der Waals surface area contributed by atoms with Crippen LogP contribution in [0, 0.1) is 6.92 Å². The first kappa shape index (κ1) is 9.45. The second-order valence-corrected chi connectivity index (χ2v) is 3.18. The number of hydrogen-bond acceptors (Lipinski definition) is 4. The summed E-state index contributed by atoms with van der Waals surface area (Å²) < 4.78 is 6.52. The summed E-state index contributed by atoms with van der Waals surface area (Å²) in [6.07, 6.45) is 2.88. The maximum absolute atomic E-state index is 10.8. The Morgan fingerprint density at radius 2 is 2.33 bits per heavy atom. The van der Waals surface area contributed by atoms with E-state index in [1.165, 1.54) is 6.20 Å². The zero-order valence-electron chi connectivity index (χ0n) is 8.26. The molecule has 2 aromatic rings. The van der Waals surface area contributed by atoms with Gasteiger partial charge in [0.15, 0.2) is 5.76 Å². The average molecular weight is 207 g/mol. The average Bonchev–Trinajstić information content (AvgIpc) is 2.71. The maximum atomic E-state index is 10.8. The van der Waals surface area contributed by atoms with E-state index in [2.05, 4.69) is 10.3 Å². The van der Waals surface area contributed by atoms with Gasteiger partial charge in [-0.2, -0.15) is 5.10 Å². The Hall–Kier alpha value is -2.11. The highest BCUT2D eigenvalue weighted by molar-refractivity contribution is 5.94. The molecule has 0 unspecified atom stereocenters. The molecule has 2 aromatic heterocycles. The number of aromatic nitrogens is 3. The van der Waals surface area contributed by atoms with E-state index < -0.39 is 5.97 Å². The van der Waals surface area contributed by atoms with E-state index in [0.29, 0.717) is 11.3 Å². The van der Waals surface area contributed by atoms with E-state index in [1.807, 2.05) is 0 Å². The van der Waals surface area contributed by atoms with Crippen molar-refractivity contribution in [1.29, 1.82) is 0 Å². The van der Waals surface area contributed by atoms with E-state index in [9.17, 15) is 4.79 Å². The van der Waals surface area contributed by atoms with Gasteiger partial charge in [0.25, 0.3) is 0 Å². The molecule has 0 amide bonds. The molecular formula is C9H9N3O3. The van der Waals surface area contributed by atoms with Crippen molar-refractivity contribution in [1.82, 2.24) is 14.9 Å². The number of aromatic carboxylic acids is 1. The van der Waals surface area contributed by atoms with Gasteiger partial charge in [0, 0.05) is 13.2 Å². The minimum atomic E-state index is -1.06. The Bertz CT molecular complexity index is 512. The van der Waals surface area contributed by atoms with Crippen molar-refractivity contribution in [3.05, 3.63) is 23.7 Å². The lowest BCUT2D eigenvalue weighted by atomic mass is 10.1. The molecule has 78 valence electrons. The Morgan fingerprint density at radius 1 is 1.60 bits per heavy atom. The van der Waals surface area contributed by atoms with Crippen LogP contribution in [0.1, 0.15) is 16.1 Å². The first-order valence-electron chi connectivity index (χ1n) is 4.28. The Kier molecular flexibility index (Phi) is 2.03. The number of rotatable bonds is 2. The van der Waals surface area contributed by atoms with Crippen LogP contribution in [0.15, 0.2) is 16.9 Å². The van der Waals surface area contributed by atoms with Gasteiger partial charge in [-0.1, -0.05) is 5.16 Å². The largest absolute Gasteiger partial charge is 0.477 e. The number of nitrogens with zero attached hydrogens (tertiary/aromatic N) is 3. The SMILES string of the molecule is Cc1nn(C)cc1-c1oncc1C(=O)O. The van der Waals surface area contributed by atoms with Crippen LogP contribution >= 0.6 is 0 Å². The summed E-state index contributed by atoms with van der Waals surface area (Å²) in [5.41, 5.74) is 1.40. The molecule has 0 aliphatic carbocycles. The van der Waals surface area contributed by atoms with Gasteiger partial charge in [-0.3, -0.25) is 4.68 Å². The van der Waals surface area contributed by atoms with Gasteiger partial charge in [0.1, 0.15) is 5.56 Å². The summed E-state index contributed by atoms with van der Waals surface area (Å²) in [6.45, 7) is 1.78. The normalized spacial score (nSPS) is 10.5. The smallest absolute Gasteiger partial charge is 0.341 e. The quantitative estimate of drug-likeness (QED) is 0.796. The molecule has 0 atom stereocenters. The molecule has 1 N–H and O–H groups in total. The molecule has 2 heterocycles. The Labute approximate surface area is 85.1 Å². The molecule has 0 saturated carbocycles. The predicted molar refractivity (Wildman–Crippen MR) is 50.4 cm³/mol. The number of aryl methyl sites for hydroxylation is 2. The maximum Gasteiger partial charge on any atom is 0.341 e. The van der Waals surface area contributed by atoms with Gasteiger partial charge >= 0.3 is 5.97 Å². The number of carboxylic acid groups (broad SMARTS) is 1. The van der Waals surface area contributed by atoms with Crippen LogP contribution in [0.2, 0.25) is 0 Å². The first-order chi connectivity index (χ1) is 7.09. The molecule has 0 aliphatic rings. The highest BCUT2D eigenvalue weighted by Crippen LogP contribution is 2.25. The number of hydrogen-bond donors (Lipinski definition) is 1. The lowest BCUT2D eigenvalue weighted by molar-refractivity contribution is 0.0697. The molecule has 0 saturated heterocycles. The molecule has 15 heavy (non-hydrogen) atoms. The van der Waals surface area contributed by atoms with Crippen molar-refractivity contribution in [2.24, 2.45) is 7.05 Å². The highest BCUT2D eigenvalue weighted by Gasteiger charge is 2.19. The van der Waals surface area contributed by atoms with Crippen LogP contribution in [0.3, 0.4) is 0 Å². The van der Waals surface area contributed by atoms with Crippen LogP contribution in [-0.2, 0) is 7.05 Å². The fourth-order valence-corrected chi connectivity index (χ4v) is 1.41. The van der Waals surface area contributed by atoms with Crippen LogP contribution in [-0.4, -0.2) is 26.0 Å². The highest BCUT2D eigenvalue weighted by atomic mass is 16.5. The van der Waals surface area contributed by atoms with Crippen molar-refractivity contribution in [3.8, 4) is 11.3 Å². The van der Waals surface area contributed by atoms with Crippen molar-refractivity contribution < 1.29 is 14.4 Å². The molecule has 0 bridgehead atoms. The van der Waals surface area contributed by atoms with E-state index in [4.69, 9.17) is 9.63 Å². The second kappa shape index (κ2) is 3.23. The van der Waals surface area contributed by atoms with Crippen LogP contribution in [0.4, 0.5) is 0 Å². The Balaban J connectivity index is 2.58. The van der Waals surface area contributed by atoms with Crippen molar-refractivity contribution in [2.75, 3.05) is 0 Å². The van der Waals surface area contributed by atoms with E-state index in [-0.39, 0.29) is 11.3 Å². The summed E-state index contributed by atoms with van der Waals surface area (Å²) in [5, 5.41) is 16.5. The molecule has 0 fully saturated rings. The third-order valence-corrected chi connectivity index (χ3v) is 2.06. The van der Waals surface area contributed by atoms with E-state index in [1.54, 1.807) is 24.9 Å². The summed E-state index contributed by atoms with van der Waals surface area (Å²) >= 11 is 0. The van der Waals surface area contributed by atoms with Gasteiger partial charge in [-0.15, -0.1) is 0 Å². The second-order valence-electron chi connectivity index (χ2n) is 3.18. The third-order valence-electron chi connectivity index (χ3n) is 2.06. The van der Waals surface area contributed by atoms with Crippen LogP contribution < -0.4 is 0 Å². The van der Waals surface area contributed by atoms with Gasteiger partial charge in [0.2, 0.25) is 0 Å². The monoisotopic (exact) mass is 207 g/mol. The molecule has 0 aromatic carbocycles. The zero-order valence-corrected chi connectivity index (χ0v) is 8.26. The van der Waals surface area contributed by atoms with Crippen molar-refractivity contribution in [2.45, 2.75) is 6.92 Å². The van der Waals surface area contributed by atoms with E-state index in [0.717, 1.165) is 0 Å². The molecule has 0 spiro atoms. The number of carbonyl (C=O) groups is 1. The Morgan fingerprint density at radius 3 is 2.87 bits per heavy atom. The topological polar surface area (TPSA) is 81.2 Å². The molecular weight excluding hydrogens is 198 g/mol. The third kappa shape index (κ3) is 1.50. The summed E-state index contributed by atoms with van der Waals surface area (Å²) in [4.78, 5) is 10.8. The lowest BCUT2D eigenvalue weighted by Gasteiger charge is -1.93. The standard InChI is InChI=1S/C9H9N3O3/c1-5-7(4-12(2)11-5)8-6(9(13)14)3-10-15-8/h3-4H,1-2H3,(H,13,14). The fourth-order valence-electron chi connectivity index (χ4n) is 1.41. The van der Waals surface area contributed by atoms with Gasteiger partial charge < -0.3 is 9.63 Å². The summed E-state index contributed by atoms with van der Waals surface area (Å²) in [5.74, 6) is -0.817. The molecule has 6 heteroatoms. The molecule has 0 aliphatic heterocycles. The molecule has 0 radical (unpaired) electrons. The minimum absolute atomic E-state index is 0.0473. The van der Waals surface area contributed by atoms with Crippen LogP contribution in [0.5, 0.6) is 0 Å². The van der Waals surface area contributed by atoms with Crippen LogP contribution in [0.25, 0.3) is 11.3 Å². The fraction of sp³-hybridized carbons (Fsp3) is 0.222. The first-order valence-corrected chi connectivity index (χ1v) is 4.28. The van der Waals surface area contributed by atoms with Gasteiger partial charge in [-0.25, -0.2) is 4.79 Å². The van der Waals surface area contributed by atoms with Gasteiger partial charge in [-0.05, 0) is 6.92 Å². The lowest BCUT2D eigenvalue weighted by Crippen LogP contribution is -1.95. The predicted octanol–water partition coefficient (Wildman–Crippen LogP) is 1.08. The van der Waals surface area contributed by atoms with E-state index >= 15 is 0 Å². The summed E-state index contributed by atoms with van der Waals surface area (Å²) in [6, 6.07) is 0. The van der Waals surface area contributed by atoms with Crippen molar-refractivity contribution in [3.63, 3.8) is 0 Å². The molecule has 2 rings (SSSR count). The summed E-state index contributed by atoms with van der Waals surface area (Å²) in [7, 11) is 1.76. The molecule has 6 nitrogen and oxygen atoms in total. The van der Waals surface area contributed by atoms with Crippen molar-refractivity contribution >= 4 is 5.97 Å².